The van der Waals surface area contributed by atoms with Crippen LogP contribution in [-0.2, 0) is 38.7 Å². The maximum Gasteiger partial charge on any atom is 0.235 e. The molecule has 4 N–H and O–H groups in total. The van der Waals surface area contributed by atoms with Crippen molar-refractivity contribution in [2.75, 3.05) is 20.6 Å². The summed E-state index contributed by atoms with van der Waals surface area (Å²) in [4.78, 5) is 69.6. The second kappa shape index (κ2) is 8.74. The van der Waals surface area contributed by atoms with E-state index in [2.05, 4.69) is 0 Å². The number of aliphatic hydroxyl groups is 1. The Morgan fingerprint density at radius 2 is 1.72 bits per heavy atom. The van der Waals surface area contributed by atoms with Crippen LogP contribution in [0.1, 0.15) is 54.2 Å². The summed E-state index contributed by atoms with van der Waals surface area (Å²) in [6.45, 7) is 7.24. The van der Waals surface area contributed by atoms with Gasteiger partial charge < -0.3 is 15.9 Å². The monoisotopic (exact) mass is 543 g/mol. The van der Waals surface area contributed by atoms with Crippen LogP contribution in [-0.4, -0.2) is 81.3 Å². The number of nitrogens with zero attached hydrogens (tertiary/aromatic N) is 2. The number of nitrogens with two attached hydrogens (primary N) is 1. The van der Waals surface area contributed by atoms with E-state index in [0.29, 0.717) is 17.7 Å². The Hall–Kier alpha value is -3.02. The van der Waals surface area contributed by atoms with Crippen LogP contribution in [0.25, 0.3) is 0 Å². The summed E-state index contributed by atoms with van der Waals surface area (Å²) in [5.74, 6) is -12.0. The number of hydrogen-bond donors (Lipinski definition) is 3. The Morgan fingerprint density at radius 3 is 2.28 bits per heavy atom. The molecule has 10 nitrogen and oxygen atoms in total. The molecule has 1 heterocycles. The number of fused-ring (bicyclic) bond motifs is 4. The third kappa shape index (κ3) is 3.81. The normalized spacial score (nSPS) is 32.7. The van der Waals surface area contributed by atoms with Crippen LogP contribution in [0.4, 0.5) is 4.39 Å². The van der Waals surface area contributed by atoms with E-state index >= 15 is 4.39 Å². The van der Waals surface area contributed by atoms with Crippen molar-refractivity contribution in [2.45, 2.75) is 58.3 Å². The zero-order chi connectivity index (χ0) is 28.9. The maximum absolute atomic E-state index is 16.0. The molecule has 0 bridgehead atoms. The van der Waals surface area contributed by atoms with E-state index in [1.54, 1.807) is 0 Å². The number of phenols is 1. The van der Waals surface area contributed by atoms with Gasteiger partial charge in [0.2, 0.25) is 5.91 Å². The van der Waals surface area contributed by atoms with E-state index in [1.807, 2.05) is 25.7 Å². The highest BCUT2D eigenvalue weighted by molar-refractivity contribution is 6.32. The van der Waals surface area contributed by atoms with E-state index < -0.39 is 70.2 Å². The number of amides is 1. The van der Waals surface area contributed by atoms with Gasteiger partial charge in [0.05, 0.1) is 17.5 Å². The molecular weight excluding hydrogens is 509 g/mol. The minimum atomic E-state index is -2.80. The number of benzene rings is 1. The molecule has 3 aliphatic carbocycles. The van der Waals surface area contributed by atoms with Crippen LogP contribution in [0.15, 0.2) is 0 Å². The van der Waals surface area contributed by atoms with Crippen molar-refractivity contribution < 1.29 is 38.6 Å². The van der Waals surface area contributed by atoms with Crippen LogP contribution in [0.3, 0.4) is 0 Å². The van der Waals surface area contributed by atoms with Gasteiger partial charge in [-0.25, -0.2) is 4.39 Å². The molecule has 0 spiro atoms. The molecule has 11 heteroatoms. The first kappa shape index (κ1) is 27.5. The average Bonchev–Trinajstić information content (AvgIpc) is 3.22. The molecular formula is C28H34FN3O7. The molecule has 1 aromatic carbocycles. The fraction of sp³-hybridized carbons (Fsp3) is 0.607. The number of hydrogen-bond acceptors (Lipinski definition) is 9. The van der Waals surface area contributed by atoms with Gasteiger partial charge in [-0.2, -0.15) is 0 Å². The number of aromatic hydroxyl groups is 1. The molecule has 0 saturated heterocycles. The van der Waals surface area contributed by atoms with Crippen molar-refractivity contribution in [1.29, 1.82) is 0 Å². The lowest BCUT2D eigenvalue weighted by atomic mass is 9.52. The van der Waals surface area contributed by atoms with Gasteiger partial charge in [0.25, 0.3) is 0 Å². The molecule has 0 aromatic heterocycles. The fourth-order valence-corrected chi connectivity index (χ4v) is 7.42. The summed E-state index contributed by atoms with van der Waals surface area (Å²) in [7, 11) is 3.03. The average molecular weight is 544 g/mol. The molecule has 2 saturated carbocycles. The van der Waals surface area contributed by atoms with E-state index in [1.165, 1.54) is 19.0 Å². The standard InChI is InChI=1S/C28H34FN3O7/c1-27(2,3)10-32-8-13-14(9-32)21(33)17-12(19(13)29)6-11-7-15-20(31(4)5)23(35)18(26(30)38)25(37)28(15,39)24(36)16(11)22(17)34/h11,15-16,18,20,33,39H,6-10H2,1-5H3,(H2,30,38)/t11-,15-,16?,18?,20-,28-/m0/s1. The molecule has 210 valence electrons. The third-order valence-electron chi connectivity index (χ3n) is 8.83. The van der Waals surface area contributed by atoms with Crippen LogP contribution in [0.5, 0.6) is 5.75 Å². The van der Waals surface area contributed by atoms with Crippen LogP contribution in [0, 0.1) is 34.9 Å². The molecule has 0 radical (unpaired) electrons. The SMILES string of the molecule is CN(C)[C@@H]1C(=O)C(C(N)=O)C(=O)[C@@]2(O)C(=O)C3C(=O)c4c(O)c5c(c(F)c4C[C@H]3C[C@@H]12)CN(CC(C)(C)C)C5. The molecule has 39 heavy (non-hydrogen) atoms. The number of ketones is 4. The predicted octanol–water partition coefficient (Wildman–Crippen LogP) is 0.368. The lowest BCUT2D eigenvalue weighted by molar-refractivity contribution is -0.181. The first-order valence-corrected chi connectivity index (χ1v) is 13.1. The Kier molecular flexibility index (Phi) is 6.17. The lowest BCUT2D eigenvalue weighted by Gasteiger charge is -2.52. The van der Waals surface area contributed by atoms with Crippen LogP contribution < -0.4 is 5.73 Å². The first-order valence-electron chi connectivity index (χ1n) is 13.1. The summed E-state index contributed by atoms with van der Waals surface area (Å²) in [5.41, 5.74) is 2.77. The predicted molar refractivity (Wildman–Crippen MR) is 135 cm³/mol. The molecule has 1 amide bonds. The summed E-state index contributed by atoms with van der Waals surface area (Å²) >= 11 is 0. The van der Waals surface area contributed by atoms with Crippen molar-refractivity contribution in [3.05, 3.63) is 28.1 Å². The molecule has 6 atom stereocenters. The highest BCUT2D eigenvalue weighted by Crippen LogP contribution is 2.52. The maximum atomic E-state index is 16.0. The summed E-state index contributed by atoms with van der Waals surface area (Å²) in [6.07, 6.45) is -0.199. The number of carbonyl (C=O) groups excluding carboxylic acids is 5. The number of carbonyl (C=O) groups is 5. The van der Waals surface area contributed by atoms with E-state index in [0.717, 1.165) is 0 Å². The number of phenolic OH excluding ortho intramolecular Hbond substituents is 1. The van der Waals surface area contributed by atoms with Gasteiger partial charge in [0, 0.05) is 42.2 Å². The quantitative estimate of drug-likeness (QED) is 0.458. The van der Waals surface area contributed by atoms with E-state index in [4.69, 9.17) is 5.73 Å². The zero-order valence-electron chi connectivity index (χ0n) is 22.7. The first-order chi connectivity index (χ1) is 18.0. The van der Waals surface area contributed by atoms with Crippen molar-refractivity contribution in [2.24, 2.45) is 34.8 Å². The highest BCUT2D eigenvalue weighted by atomic mass is 19.1. The van der Waals surface area contributed by atoms with Gasteiger partial charge in [0.1, 0.15) is 11.6 Å². The second-order valence-corrected chi connectivity index (χ2v) is 13.0. The number of Topliss-reactive ketones (excluding diaryl/α,β-unsaturated/α-hetero) is 4. The molecule has 2 fully saturated rings. The van der Waals surface area contributed by atoms with Crippen molar-refractivity contribution in [3.63, 3.8) is 0 Å². The van der Waals surface area contributed by atoms with E-state index in [9.17, 15) is 34.2 Å². The molecule has 1 aromatic rings. The lowest BCUT2D eigenvalue weighted by Crippen LogP contribution is -2.74. The third-order valence-corrected chi connectivity index (χ3v) is 8.83. The van der Waals surface area contributed by atoms with Gasteiger partial charge >= 0.3 is 0 Å². The van der Waals surface area contributed by atoms with E-state index in [-0.39, 0.29) is 48.2 Å². The largest absolute Gasteiger partial charge is 0.507 e. The zero-order valence-corrected chi connectivity index (χ0v) is 22.7. The van der Waals surface area contributed by atoms with Crippen LogP contribution in [0.2, 0.25) is 0 Å². The highest BCUT2D eigenvalue weighted by Gasteiger charge is 2.69. The molecule has 1 aliphatic heterocycles. The number of likely N-dealkylation sites (N-methyl/N-ethyl adjacent to an activating group) is 1. The Balaban J connectivity index is 1.60. The summed E-state index contributed by atoms with van der Waals surface area (Å²) in [6, 6.07) is -1.20. The van der Waals surface area contributed by atoms with Crippen LogP contribution >= 0.6 is 0 Å². The van der Waals surface area contributed by atoms with Gasteiger partial charge in [0.15, 0.2) is 34.7 Å². The second-order valence-electron chi connectivity index (χ2n) is 13.0. The van der Waals surface area contributed by atoms with Gasteiger partial charge in [-0.15, -0.1) is 0 Å². The Bertz CT molecular complexity index is 1350. The number of rotatable bonds is 3. The van der Waals surface area contributed by atoms with Crippen molar-refractivity contribution >= 4 is 29.0 Å². The molecule has 4 aliphatic rings. The summed E-state index contributed by atoms with van der Waals surface area (Å²) < 4.78 is 16.0. The minimum absolute atomic E-state index is 0.0122. The fourth-order valence-electron chi connectivity index (χ4n) is 7.42. The van der Waals surface area contributed by atoms with Gasteiger partial charge in [-0.3, -0.25) is 33.8 Å². The topological polar surface area (TPSA) is 158 Å². The van der Waals surface area contributed by atoms with Crippen molar-refractivity contribution in [1.82, 2.24) is 9.80 Å². The number of halogens is 1. The van der Waals surface area contributed by atoms with Gasteiger partial charge in [-0.05, 0) is 38.3 Å². The summed E-state index contributed by atoms with van der Waals surface area (Å²) in [5, 5.41) is 22.8. The Morgan fingerprint density at radius 1 is 1.10 bits per heavy atom. The Labute approximate surface area is 225 Å². The van der Waals surface area contributed by atoms with Crippen molar-refractivity contribution in [3.8, 4) is 5.75 Å². The minimum Gasteiger partial charge on any atom is -0.507 e. The smallest absolute Gasteiger partial charge is 0.235 e. The number of primary amides is 1. The van der Waals surface area contributed by atoms with Gasteiger partial charge in [-0.1, -0.05) is 20.8 Å². The molecule has 2 unspecified atom stereocenters. The molecule has 5 rings (SSSR count).